The van der Waals surface area contributed by atoms with E-state index in [0.717, 1.165) is 16.8 Å². The Morgan fingerprint density at radius 2 is 1.90 bits per heavy atom. The lowest BCUT2D eigenvalue weighted by molar-refractivity contribution is 0.957. The van der Waals surface area contributed by atoms with Crippen LogP contribution in [-0.2, 0) is 6.42 Å². The van der Waals surface area contributed by atoms with Gasteiger partial charge in [-0.3, -0.25) is 4.40 Å². The first kappa shape index (κ1) is 12.1. The van der Waals surface area contributed by atoms with Crippen molar-refractivity contribution in [3.8, 4) is 6.07 Å². The molecule has 0 saturated heterocycles. The third-order valence-corrected chi connectivity index (χ3v) is 3.03. The maximum Gasteiger partial charge on any atom is 0.168 e. The molecule has 0 bridgehead atoms. The van der Waals surface area contributed by atoms with E-state index in [1.165, 1.54) is 0 Å². The van der Waals surface area contributed by atoms with Gasteiger partial charge in [0.05, 0.1) is 12.5 Å². The molecular formula is C16H12N4. The van der Waals surface area contributed by atoms with Gasteiger partial charge in [0.15, 0.2) is 11.5 Å². The van der Waals surface area contributed by atoms with E-state index in [4.69, 9.17) is 5.26 Å². The zero-order chi connectivity index (χ0) is 13.8. The predicted molar refractivity (Wildman–Crippen MR) is 77.7 cm³/mol. The van der Waals surface area contributed by atoms with Crippen molar-refractivity contribution in [3.05, 3.63) is 65.6 Å². The van der Waals surface area contributed by atoms with Crippen molar-refractivity contribution in [1.29, 1.82) is 5.26 Å². The fourth-order valence-electron chi connectivity index (χ4n) is 2.06. The fourth-order valence-corrected chi connectivity index (χ4v) is 2.06. The molecule has 0 spiro atoms. The molecule has 4 nitrogen and oxygen atoms in total. The molecule has 0 unspecified atom stereocenters. The van der Waals surface area contributed by atoms with Crippen molar-refractivity contribution in [2.45, 2.75) is 6.42 Å². The predicted octanol–water partition coefficient (Wildman–Crippen LogP) is 2.97. The van der Waals surface area contributed by atoms with Crippen LogP contribution in [0.3, 0.4) is 0 Å². The molecule has 0 radical (unpaired) electrons. The van der Waals surface area contributed by atoms with E-state index in [2.05, 4.69) is 16.3 Å². The number of nitrogens with zero attached hydrogens (tertiary/aromatic N) is 4. The number of hydrogen-bond donors (Lipinski definition) is 0. The van der Waals surface area contributed by atoms with E-state index in [-0.39, 0.29) is 6.42 Å². The second-order valence-corrected chi connectivity index (χ2v) is 4.35. The topological polar surface area (TPSA) is 54.0 Å². The maximum atomic E-state index is 8.77. The maximum absolute atomic E-state index is 8.77. The lowest BCUT2D eigenvalue weighted by Gasteiger charge is -1.98. The van der Waals surface area contributed by atoms with E-state index in [9.17, 15) is 0 Å². The van der Waals surface area contributed by atoms with Crippen molar-refractivity contribution in [3.63, 3.8) is 0 Å². The first-order chi connectivity index (χ1) is 9.88. The van der Waals surface area contributed by atoms with Crippen LogP contribution in [0.4, 0.5) is 0 Å². The lowest BCUT2D eigenvalue weighted by atomic mass is 10.1. The van der Waals surface area contributed by atoms with Crippen LogP contribution >= 0.6 is 0 Å². The number of aromatic nitrogens is 3. The second-order valence-electron chi connectivity index (χ2n) is 4.35. The van der Waals surface area contributed by atoms with Gasteiger partial charge in [0.1, 0.15) is 0 Å². The van der Waals surface area contributed by atoms with Gasteiger partial charge in [-0.15, -0.1) is 10.2 Å². The van der Waals surface area contributed by atoms with Gasteiger partial charge in [-0.25, -0.2) is 0 Å². The third kappa shape index (κ3) is 2.29. The van der Waals surface area contributed by atoms with Crippen molar-refractivity contribution in [2.24, 2.45) is 0 Å². The molecule has 0 saturated carbocycles. The van der Waals surface area contributed by atoms with Gasteiger partial charge in [0.2, 0.25) is 0 Å². The van der Waals surface area contributed by atoms with Crippen molar-refractivity contribution in [1.82, 2.24) is 14.6 Å². The van der Waals surface area contributed by atoms with Gasteiger partial charge in [-0.2, -0.15) is 5.26 Å². The Kier molecular flexibility index (Phi) is 3.25. The molecule has 0 amide bonds. The summed E-state index contributed by atoms with van der Waals surface area (Å²) in [5.74, 6) is 0.664. The molecule has 3 aromatic rings. The van der Waals surface area contributed by atoms with E-state index < -0.39 is 0 Å². The van der Waals surface area contributed by atoms with Gasteiger partial charge < -0.3 is 0 Å². The summed E-state index contributed by atoms with van der Waals surface area (Å²) in [5.41, 5.74) is 2.88. The van der Waals surface area contributed by atoms with E-state index in [1.807, 2.05) is 65.2 Å². The highest BCUT2D eigenvalue weighted by Gasteiger charge is 2.06. The molecule has 2 aromatic heterocycles. The molecule has 0 N–H and O–H groups in total. The standard InChI is InChI=1S/C16H12N4/c17-11-10-15-18-19-16-14(7-4-12-20(15)16)9-8-13-5-2-1-3-6-13/h1-9,12H,10H2/b9-8+. The van der Waals surface area contributed by atoms with Crippen LogP contribution < -0.4 is 0 Å². The Bertz CT molecular complexity index is 794. The van der Waals surface area contributed by atoms with Gasteiger partial charge >= 0.3 is 0 Å². The molecule has 3 rings (SSSR count). The number of fused-ring (bicyclic) bond motifs is 1. The zero-order valence-corrected chi connectivity index (χ0v) is 10.8. The Morgan fingerprint density at radius 3 is 2.70 bits per heavy atom. The monoisotopic (exact) mass is 260 g/mol. The van der Waals surface area contributed by atoms with Crippen LogP contribution in [-0.4, -0.2) is 14.6 Å². The highest BCUT2D eigenvalue weighted by Crippen LogP contribution is 2.14. The Labute approximate surface area is 116 Å². The van der Waals surface area contributed by atoms with Crippen LogP contribution in [0, 0.1) is 11.3 Å². The van der Waals surface area contributed by atoms with Crippen LogP contribution in [0.15, 0.2) is 48.7 Å². The van der Waals surface area contributed by atoms with Crippen LogP contribution in [0.1, 0.15) is 17.0 Å². The average molecular weight is 260 g/mol. The first-order valence-corrected chi connectivity index (χ1v) is 6.31. The average Bonchev–Trinajstić information content (AvgIpc) is 2.91. The minimum Gasteiger partial charge on any atom is -0.285 e. The summed E-state index contributed by atoms with van der Waals surface area (Å²) < 4.78 is 1.86. The summed E-state index contributed by atoms with van der Waals surface area (Å²) in [6.45, 7) is 0. The Morgan fingerprint density at radius 1 is 1.05 bits per heavy atom. The number of hydrogen-bond acceptors (Lipinski definition) is 3. The fraction of sp³-hybridized carbons (Fsp3) is 0.0625. The molecule has 0 atom stereocenters. The molecule has 0 aliphatic rings. The van der Waals surface area contributed by atoms with Crippen LogP contribution in [0.2, 0.25) is 0 Å². The highest BCUT2D eigenvalue weighted by molar-refractivity contribution is 5.76. The smallest absolute Gasteiger partial charge is 0.168 e. The first-order valence-electron chi connectivity index (χ1n) is 6.31. The molecule has 1 aromatic carbocycles. The second kappa shape index (κ2) is 5.37. The number of benzene rings is 1. The van der Waals surface area contributed by atoms with Gasteiger partial charge in [-0.05, 0) is 17.7 Å². The molecule has 96 valence electrons. The van der Waals surface area contributed by atoms with E-state index >= 15 is 0 Å². The summed E-state index contributed by atoms with van der Waals surface area (Å²) in [7, 11) is 0. The van der Waals surface area contributed by atoms with Crippen LogP contribution in [0.25, 0.3) is 17.8 Å². The molecule has 0 aliphatic heterocycles. The van der Waals surface area contributed by atoms with Crippen LogP contribution in [0.5, 0.6) is 0 Å². The molecule has 20 heavy (non-hydrogen) atoms. The van der Waals surface area contributed by atoms with E-state index in [0.29, 0.717) is 5.82 Å². The third-order valence-electron chi connectivity index (χ3n) is 3.03. The number of nitriles is 1. The molecule has 4 heteroatoms. The number of pyridine rings is 1. The quantitative estimate of drug-likeness (QED) is 0.727. The SMILES string of the molecule is N#CCc1nnc2c(/C=C/c3ccccc3)cccn12. The van der Waals surface area contributed by atoms with Gasteiger partial charge in [0.25, 0.3) is 0 Å². The summed E-state index contributed by atoms with van der Waals surface area (Å²) in [6.07, 6.45) is 6.18. The highest BCUT2D eigenvalue weighted by atomic mass is 15.2. The Hall–Kier alpha value is -2.93. The van der Waals surface area contributed by atoms with Crippen molar-refractivity contribution in [2.75, 3.05) is 0 Å². The minimum atomic E-state index is 0.257. The largest absolute Gasteiger partial charge is 0.285 e. The molecular weight excluding hydrogens is 248 g/mol. The summed E-state index contributed by atoms with van der Waals surface area (Å²) in [4.78, 5) is 0. The molecule has 0 aliphatic carbocycles. The van der Waals surface area contributed by atoms with Gasteiger partial charge in [-0.1, -0.05) is 42.5 Å². The normalized spacial score (nSPS) is 10.9. The minimum absolute atomic E-state index is 0.257. The number of rotatable bonds is 3. The summed E-state index contributed by atoms with van der Waals surface area (Å²) >= 11 is 0. The molecule has 0 fully saturated rings. The summed E-state index contributed by atoms with van der Waals surface area (Å²) in [6, 6.07) is 16.1. The van der Waals surface area contributed by atoms with Crippen molar-refractivity contribution < 1.29 is 0 Å². The Balaban J connectivity index is 2.00. The summed E-state index contributed by atoms with van der Waals surface area (Å²) in [5, 5.41) is 17.0. The van der Waals surface area contributed by atoms with Gasteiger partial charge in [0, 0.05) is 11.8 Å². The van der Waals surface area contributed by atoms with Crippen molar-refractivity contribution >= 4 is 17.8 Å². The molecule has 2 heterocycles. The van der Waals surface area contributed by atoms with E-state index in [1.54, 1.807) is 0 Å². The zero-order valence-electron chi connectivity index (χ0n) is 10.8. The lowest BCUT2D eigenvalue weighted by Crippen LogP contribution is -1.93.